The molecule has 3 amide bonds. The van der Waals surface area contributed by atoms with Crippen molar-refractivity contribution in [3.63, 3.8) is 0 Å². The summed E-state index contributed by atoms with van der Waals surface area (Å²) in [5.74, 6) is -0.599. The summed E-state index contributed by atoms with van der Waals surface area (Å²) in [6, 6.07) is 13.5. The van der Waals surface area contributed by atoms with Crippen molar-refractivity contribution in [3.8, 4) is 5.75 Å². The van der Waals surface area contributed by atoms with E-state index in [4.69, 9.17) is 4.74 Å². The lowest BCUT2D eigenvalue weighted by Crippen LogP contribution is -2.31. The van der Waals surface area contributed by atoms with Crippen molar-refractivity contribution in [2.75, 3.05) is 18.0 Å². The lowest BCUT2D eigenvalue weighted by Gasteiger charge is -2.16. The number of carbonyl (C=O) groups is 4. The quantitative estimate of drug-likeness (QED) is 0.429. The first-order valence-electron chi connectivity index (χ1n) is 9.61. The van der Waals surface area contributed by atoms with E-state index >= 15 is 0 Å². The largest absolute Gasteiger partial charge is 0.427 e. The first-order chi connectivity index (χ1) is 14.0. The second kappa shape index (κ2) is 7.87. The molecule has 1 saturated heterocycles. The van der Waals surface area contributed by atoms with E-state index in [1.165, 1.54) is 4.90 Å². The van der Waals surface area contributed by atoms with E-state index in [0.29, 0.717) is 36.3 Å². The van der Waals surface area contributed by atoms with E-state index in [1.807, 2.05) is 0 Å². The summed E-state index contributed by atoms with van der Waals surface area (Å²) in [6.45, 7) is 0.868. The van der Waals surface area contributed by atoms with Crippen LogP contribution in [0.25, 0.3) is 0 Å². The van der Waals surface area contributed by atoms with Crippen LogP contribution in [0, 0.1) is 0 Å². The van der Waals surface area contributed by atoms with Gasteiger partial charge in [-0.05, 0) is 49.2 Å². The number of benzene rings is 2. The highest BCUT2D eigenvalue weighted by molar-refractivity contribution is 6.21. The average molecular weight is 392 g/mol. The summed E-state index contributed by atoms with van der Waals surface area (Å²) in [4.78, 5) is 51.3. The third-order valence-electron chi connectivity index (χ3n) is 5.09. The van der Waals surface area contributed by atoms with Crippen molar-refractivity contribution in [1.29, 1.82) is 0 Å². The Bertz CT molecular complexity index is 948. The van der Waals surface area contributed by atoms with Gasteiger partial charge < -0.3 is 9.64 Å². The molecule has 1 fully saturated rings. The zero-order valence-corrected chi connectivity index (χ0v) is 15.8. The summed E-state index contributed by atoms with van der Waals surface area (Å²) in [5.41, 5.74) is 1.59. The molecule has 0 saturated carbocycles. The molecule has 0 aliphatic carbocycles. The lowest BCUT2D eigenvalue weighted by molar-refractivity contribution is -0.134. The number of esters is 1. The number of anilines is 1. The van der Waals surface area contributed by atoms with Gasteiger partial charge in [0, 0.05) is 31.6 Å². The Kier molecular flexibility index (Phi) is 5.12. The second-order valence-electron chi connectivity index (χ2n) is 7.03. The lowest BCUT2D eigenvalue weighted by atomic mass is 10.1. The van der Waals surface area contributed by atoms with Gasteiger partial charge in [-0.25, -0.2) is 0 Å². The molecule has 0 atom stereocenters. The standard InChI is InChI=1S/C22H20N2O5/c25-19-7-3-13-23(19)15-9-11-16(12-10-15)29-20(26)8-4-14-24-21(27)17-5-1-2-6-18(17)22(24)28/h1-2,5-6,9-12H,3-4,7-8,13-14H2. The summed E-state index contributed by atoms with van der Waals surface area (Å²) in [7, 11) is 0. The topological polar surface area (TPSA) is 84.0 Å². The van der Waals surface area contributed by atoms with Gasteiger partial charge in [-0.2, -0.15) is 0 Å². The highest BCUT2D eigenvalue weighted by Crippen LogP contribution is 2.25. The summed E-state index contributed by atoms with van der Waals surface area (Å²) in [6.07, 6.45) is 1.82. The van der Waals surface area contributed by atoms with Crippen LogP contribution in [0.5, 0.6) is 5.75 Å². The van der Waals surface area contributed by atoms with Crippen LogP contribution in [-0.2, 0) is 9.59 Å². The maximum Gasteiger partial charge on any atom is 0.311 e. The highest BCUT2D eigenvalue weighted by Gasteiger charge is 2.34. The third-order valence-corrected chi connectivity index (χ3v) is 5.09. The molecule has 2 aliphatic heterocycles. The fourth-order valence-electron chi connectivity index (χ4n) is 3.62. The van der Waals surface area contributed by atoms with Crippen molar-refractivity contribution in [2.45, 2.75) is 25.7 Å². The number of amides is 3. The van der Waals surface area contributed by atoms with E-state index in [0.717, 1.165) is 12.1 Å². The molecule has 2 aromatic carbocycles. The maximum atomic E-state index is 12.3. The van der Waals surface area contributed by atoms with Gasteiger partial charge in [-0.3, -0.25) is 24.1 Å². The Morgan fingerprint density at radius 3 is 2.17 bits per heavy atom. The first-order valence-corrected chi connectivity index (χ1v) is 9.61. The van der Waals surface area contributed by atoms with Crippen LogP contribution < -0.4 is 9.64 Å². The minimum Gasteiger partial charge on any atom is -0.427 e. The molecule has 2 heterocycles. The predicted molar refractivity (Wildman–Crippen MR) is 105 cm³/mol. The molecule has 29 heavy (non-hydrogen) atoms. The van der Waals surface area contributed by atoms with E-state index in [1.54, 1.807) is 53.4 Å². The number of nitrogens with zero attached hydrogens (tertiary/aromatic N) is 2. The molecule has 0 spiro atoms. The molecular weight excluding hydrogens is 372 g/mol. The van der Waals surface area contributed by atoms with Crippen molar-refractivity contribution in [2.24, 2.45) is 0 Å². The van der Waals surface area contributed by atoms with E-state index in [9.17, 15) is 19.2 Å². The van der Waals surface area contributed by atoms with Crippen molar-refractivity contribution in [1.82, 2.24) is 4.90 Å². The third kappa shape index (κ3) is 3.76. The Morgan fingerprint density at radius 1 is 0.931 bits per heavy atom. The van der Waals surface area contributed by atoms with Crippen LogP contribution in [0.2, 0.25) is 0 Å². The number of imide groups is 1. The Balaban J connectivity index is 1.27. The highest BCUT2D eigenvalue weighted by atomic mass is 16.5. The molecule has 0 bridgehead atoms. The second-order valence-corrected chi connectivity index (χ2v) is 7.03. The molecule has 0 radical (unpaired) electrons. The number of fused-ring (bicyclic) bond motifs is 1. The fourth-order valence-corrected chi connectivity index (χ4v) is 3.62. The van der Waals surface area contributed by atoms with Crippen molar-refractivity contribution < 1.29 is 23.9 Å². The van der Waals surface area contributed by atoms with E-state index in [2.05, 4.69) is 0 Å². The van der Waals surface area contributed by atoms with Crippen molar-refractivity contribution in [3.05, 3.63) is 59.7 Å². The molecule has 2 aromatic rings. The molecule has 7 heteroatoms. The van der Waals surface area contributed by atoms with Gasteiger partial charge in [0.1, 0.15) is 5.75 Å². The Hall–Kier alpha value is -3.48. The Morgan fingerprint density at radius 2 is 1.59 bits per heavy atom. The van der Waals surface area contributed by atoms with Gasteiger partial charge >= 0.3 is 5.97 Å². The van der Waals surface area contributed by atoms with Gasteiger partial charge in [0.05, 0.1) is 11.1 Å². The van der Waals surface area contributed by atoms with Crippen LogP contribution in [0.15, 0.2) is 48.5 Å². The molecular formula is C22H20N2O5. The fraction of sp³-hybridized carbons (Fsp3) is 0.273. The minimum absolute atomic E-state index is 0.0831. The van der Waals surface area contributed by atoms with Gasteiger partial charge in [0.2, 0.25) is 5.91 Å². The van der Waals surface area contributed by atoms with Crippen LogP contribution in [0.1, 0.15) is 46.4 Å². The normalized spacial score (nSPS) is 15.8. The Labute approximate surface area is 167 Å². The molecule has 2 aliphatic rings. The van der Waals surface area contributed by atoms with Crippen molar-refractivity contribution >= 4 is 29.4 Å². The van der Waals surface area contributed by atoms with Gasteiger partial charge in [-0.15, -0.1) is 0 Å². The first kappa shape index (κ1) is 18.9. The SMILES string of the molecule is O=C(CCCN1C(=O)c2ccccc2C1=O)Oc1ccc(N2CCCC2=O)cc1. The number of hydrogen-bond acceptors (Lipinski definition) is 5. The van der Waals surface area contributed by atoms with Crippen LogP contribution >= 0.6 is 0 Å². The number of ether oxygens (including phenoxy) is 1. The maximum absolute atomic E-state index is 12.3. The van der Waals surface area contributed by atoms with Gasteiger partial charge in [0.25, 0.3) is 11.8 Å². The summed E-state index contributed by atoms with van der Waals surface area (Å²) < 4.78 is 5.31. The molecule has 7 nitrogen and oxygen atoms in total. The van der Waals surface area contributed by atoms with Crippen LogP contribution in [0.4, 0.5) is 5.69 Å². The molecule has 0 unspecified atom stereocenters. The predicted octanol–water partition coefficient (Wildman–Crippen LogP) is 2.80. The monoisotopic (exact) mass is 392 g/mol. The van der Waals surface area contributed by atoms with Gasteiger partial charge in [0.15, 0.2) is 0 Å². The molecule has 148 valence electrons. The average Bonchev–Trinajstić information content (AvgIpc) is 3.26. The van der Waals surface area contributed by atoms with Crippen LogP contribution in [-0.4, -0.2) is 41.7 Å². The zero-order valence-electron chi connectivity index (χ0n) is 15.8. The molecule has 0 N–H and O–H groups in total. The zero-order chi connectivity index (χ0) is 20.4. The number of carbonyl (C=O) groups excluding carboxylic acids is 4. The smallest absolute Gasteiger partial charge is 0.311 e. The molecule has 4 rings (SSSR count). The van der Waals surface area contributed by atoms with Crippen LogP contribution in [0.3, 0.4) is 0 Å². The number of hydrogen-bond donors (Lipinski definition) is 0. The van der Waals surface area contributed by atoms with E-state index in [-0.39, 0.29) is 30.7 Å². The summed E-state index contributed by atoms with van der Waals surface area (Å²) >= 11 is 0. The minimum atomic E-state index is -0.438. The van der Waals surface area contributed by atoms with Gasteiger partial charge in [-0.1, -0.05) is 12.1 Å². The molecule has 0 aromatic heterocycles. The van der Waals surface area contributed by atoms with E-state index < -0.39 is 5.97 Å². The number of rotatable bonds is 6. The summed E-state index contributed by atoms with van der Waals surface area (Å²) in [5, 5.41) is 0.